The molecule has 20 heavy (non-hydrogen) atoms. The third-order valence-electron chi connectivity index (χ3n) is 3.45. The van der Waals surface area contributed by atoms with Gasteiger partial charge in [-0.25, -0.2) is 0 Å². The summed E-state index contributed by atoms with van der Waals surface area (Å²) in [5, 5.41) is 9.17. The number of carbonyl (C=O) groups excluding carboxylic acids is 2. The average Bonchev–Trinajstić information content (AvgIpc) is 3.09. The molecule has 1 aromatic heterocycles. The molecule has 1 aromatic rings. The van der Waals surface area contributed by atoms with Crippen LogP contribution in [-0.2, 0) is 4.74 Å². The maximum absolute atomic E-state index is 11.8. The van der Waals surface area contributed by atoms with Crippen molar-refractivity contribution in [3.05, 3.63) is 17.5 Å². The molecule has 0 saturated carbocycles. The lowest BCUT2D eigenvalue weighted by molar-refractivity contribution is 0.0941. The van der Waals surface area contributed by atoms with Crippen LogP contribution in [0.4, 0.5) is 0 Å². The van der Waals surface area contributed by atoms with Gasteiger partial charge in [0, 0.05) is 20.1 Å². The summed E-state index contributed by atoms with van der Waals surface area (Å²) in [6.45, 7) is 2.93. The molecular weight excluding hydrogens is 258 g/mol. The fraction of sp³-hybridized carbons (Fsp3) is 0.643. The summed E-state index contributed by atoms with van der Waals surface area (Å²) in [5.74, 6) is -0.376. The van der Waals surface area contributed by atoms with Gasteiger partial charge in [0.1, 0.15) is 11.4 Å². The van der Waals surface area contributed by atoms with Crippen molar-refractivity contribution in [3.8, 4) is 0 Å². The zero-order chi connectivity index (χ0) is 14.4. The first-order chi connectivity index (χ1) is 9.66. The Bertz CT molecular complexity index is 464. The minimum Gasteiger partial charge on any atom is -0.378 e. The van der Waals surface area contributed by atoms with E-state index in [-0.39, 0.29) is 17.4 Å². The highest BCUT2D eigenvalue weighted by Gasteiger charge is 2.15. The zero-order valence-corrected chi connectivity index (χ0v) is 11.8. The Hall–Kier alpha value is -1.69. The molecule has 6 nitrogen and oxygen atoms in total. The topological polar surface area (TPSA) is 84.1 Å². The lowest BCUT2D eigenvalue weighted by atomic mass is 10.1. The number of ether oxygens (including phenoxy) is 1. The van der Waals surface area contributed by atoms with Gasteiger partial charge in [0.15, 0.2) is 5.78 Å². The molecule has 1 saturated heterocycles. The number of aromatic amines is 1. The molecule has 6 heteroatoms. The second kappa shape index (κ2) is 7.19. The van der Waals surface area contributed by atoms with Gasteiger partial charge < -0.3 is 10.1 Å². The highest BCUT2D eigenvalue weighted by molar-refractivity contribution is 5.97. The van der Waals surface area contributed by atoms with E-state index in [1.54, 1.807) is 0 Å². The first-order valence-electron chi connectivity index (χ1n) is 7.13. The maximum Gasteiger partial charge on any atom is 0.269 e. The van der Waals surface area contributed by atoms with Crippen molar-refractivity contribution in [1.29, 1.82) is 0 Å². The molecule has 0 aliphatic carbocycles. The van der Waals surface area contributed by atoms with Crippen LogP contribution in [0.3, 0.4) is 0 Å². The van der Waals surface area contributed by atoms with E-state index in [1.807, 2.05) is 0 Å². The third-order valence-corrected chi connectivity index (χ3v) is 3.45. The molecule has 1 aliphatic heterocycles. The quantitative estimate of drug-likeness (QED) is 0.587. The van der Waals surface area contributed by atoms with Crippen molar-refractivity contribution >= 4 is 11.7 Å². The predicted octanol–water partition coefficient (Wildman–Crippen LogP) is 1.69. The van der Waals surface area contributed by atoms with Gasteiger partial charge in [-0.2, -0.15) is 5.10 Å². The standard InChI is InChI=1S/C14H21N3O3/c1-10(18)12-9-13(17-16-12)14(19)15-7-3-2-5-11-6-4-8-20-11/h9,11H,2-8H2,1H3,(H,15,19)(H,16,17). The van der Waals surface area contributed by atoms with E-state index in [2.05, 4.69) is 15.5 Å². The van der Waals surface area contributed by atoms with Crippen molar-refractivity contribution in [2.45, 2.75) is 45.1 Å². The fourth-order valence-corrected chi connectivity index (χ4v) is 2.28. The molecule has 1 atom stereocenters. The first-order valence-corrected chi connectivity index (χ1v) is 7.13. The SMILES string of the molecule is CC(=O)c1cc(C(=O)NCCCCC2CCCO2)[nH]n1. The number of unbranched alkanes of at least 4 members (excludes halogenated alkanes) is 1. The monoisotopic (exact) mass is 279 g/mol. The van der Waals surface area contributed by atoms with Gasteiger partial charge in [0.25, 0.3) is 5.91 Å². The smallest absolute Gasteiger partial charge is 0.269 e. The second-order valence-electron chi connectivity index (χ2n) is 5.11. The summed E-state index contributed by atoms with van der Waals surface area (Å²) in [6, 6.07) is 1.48. The largest absolute Gasteiger partial charge is 0.378 e. The van der Waals surface area contributed by atoms with Crippen molar-refractivity contribution < 1.29 is 14.3 Å². The number of hydrogen-bond donors (Lipinski definition) is 2. The summed E-state index contributed by atoms with van der Waals surface area (Å²) in [7, 11) is 0. The highest BCUT2D eigenvalue weighted by atomic mass is 16.5. The number of rotatable bonds is 7. The molecule has 1 fully saturated rings. The first kappa shape index (κ1) is 14.7. The van der Waals surface area contributed by atoms with Crippen molar-refractivity contribution in [3.63, 3.8) is 0 Å². The summed E-state index contributed by atoms with van der Waals surface area (Å²) >= 11 is 0. The number of nitrogens with zero attached hydrogens (tertiary/aromatic N) is 1. The molecule has 1 amide bonds. The van der Waals surface area contributed by atoms with E-state index in [4.69, 9.17) is 4.74 Å². The van der Waals surface area contributed by atoms with Crippen molar-refractivity contribution in [2.75, 3.05) is 13.2 Å². The normalized spacial score (nSPS) is 18.1. The molecule has 0 spiro atoms. The number of H-pyrrole nitrogens is 1. The van der Waals surface area contributed by atoms with Crippen LogP contribution < -0.4 is 5.32 Å². The molecule has 2 rings (SSSR count). The van der Waals surface area contributed by atoms with Crippen molar-refractivity contribution in [1.82, 2.24) is 15.5 Å². The summed E-state index contributed by atoms with van der Waals surface area (Å²) in [5.41, 5.74) is 0.614. The van der Waals surface area contributed by atoms with Gasteiger partial charge in [-0.1, -0.05) is 0 Å². The Balaban J connectivity index is 1.62. The van der Waals surface area contributed by atoms with Gasteiger partial charge in [-0.3, -0.25) is 14.7 Å². The van der Waals surface area contributed by atoms with Crippen LogP contribution in [-0.4, -0.2) is 41.1 Å². The number of nitrogens with one attached hydrogen (secondary N) is 2. The van der Waals surface area contributed by atoms with Gasteiger partial charge in [0.2, 0.25) is 0 Å². The molecule has 110 valence electrons. The summed E-state index contributed by atoms with van der Waals surface area (Å²) in [6.07, 6.45) is 5.78. The Morgan fingerprint density at radius 3 is 3.00 bits per heavy atom. The van der Waals surface area contributed by atoms with Gasteiger partial charge in [0.05, 0.1) is 6.10 Å². The van der Waals surface area contributed by atoms with Crippen LogP contribution >= 0.6 is 0 Å². The minimum absolute atomic E-state index is 0.156. The van der Waals surface area contributed by atoms with Crippen LogP contribution in [0.25, 0.3) is 0 Å². The van der Waals surface area contributed by atoms with Crippen LogP contribution in [0.15, 0.2) is 6.07 Å². The van der Waals surface area contributed by atoms with Crippen LogP contribution in [0.5, 0.6) is 0 Å². The number of hydrogen-bond acceptors (Lipinski definition) is 4. The minimum atomic E-state index is -0.220. The van der Waals surface area contributed by atoms with Gasteiger partial charge >= 0.3 is 0 Å². The molecule has 2 heterocycles. The molecule has 0 radical (unpaired) electrons. The molecule has 1 aliphatic rings. The number of ketones is 1. The van der Waals surface area contributed by atoms with E-state index < -0.39 is 0 Å². The number of carbonyl (C=O) groups is 2. The number of aromatic nitrogens is 2. The van der Waals surface area contributed by atoms with E-state index in [9.17, 15) is 9.59 Å². The number of Topliss-reactive ketones (excluding diaryl/α,β-unsaturated/α-hetero) is 1. The second-order valence-corrected chi connectivity index (χ2v) is 5.11. The maximum atomic E-state index is 11.8. The summed E-state index contributed by atoms with van der Waals surface area (Å²) < 4.78 is 5.54. The average molecular weight is 279 g/mol. The molecule has 0 aromatic carbocycles. The Morgan fingerprint density at radius 1 is 1.50 bits per heavy atom. The Labute approximate surface area is 118 Å². The third kappa shape index (κ3) is 4.16. The van der Waals surface area contributed by atoms with Crippen LogP contribution in [0.1, 0.15) is 60.0 Å². The zero-order valence-electron chi connectivity index (χ0n) is 11.8. The lowest BCUT2D eigenvalue weighted by Crippen LogP contribution is -2.25. The van der Waals surface area contributed by atoms with E-state index >= 15 is 0 Å². The van der Waals surface area contributed by atoms with E-state index in [1.165, 1.54) is 19.4 Å². The van der Waals surface area contributed by atoms with Crippen molar-refractivity contribution in [2.24, 2.45) is 0 Å². The molecular formula is C14H21N3O3. The summed E-state index contributed by atoms with van der Waals surface area (Å²) in [4.78, 5) is 22.9. The Kier molecular flexibility index (Phi) is 5.29. The molecule has 2 N–H and O–H groups in total. The van der Waals surface area contributed by atoms with Gasteiger partial charge in [-0.05, 0) is 38.2 Å². The number of amides is 1. The van der Waals surface area contributed by atoms with E-state index in [0.29, 0.717) is 18.3 Å². The molecule has 1 unspecified atom stereocenters. The van der Waals surface area contributed by atoms with Crippen LogP contribution in [0.2, 0.25) is 0 Å². The van der Waals surface area contributed by atoms with Gasteiger partial charge in [-0.15, -0.1) is 0 Å². The van der Waals surface area contributed by atoms with Crippen LogP contribution in [0, 0.1) is 0 Å². The Morgan fingerprint density at radius 2 is 2.35 bits per heavy atom. The highest BCUT2D eigenvalue weighted by Crippen LogP contribution is 2.17. The van der Waals surface area contributed by atoms with E-state index in [0.717, 1.165) is 32.3 Å². The lowest BCUT2D eigenvalue weighted by Gasteiger charge is -2.08. The predicted molar refractivity (Wildman–Crippen MR) is 73.8 cm³/mol. The fourth-order valence-electron chi connectivity index (χ4n) is 2.28. The molecule has 0 bridgehead atoms.